The molecule has 0 saturated heterocycles. The van der Waals surface area contributed by atoms with E-state index >= 15 is 0 Å². The molecule has 0 spiro atoms. The molecule has 0 aliphatic carbocycles. The zero-order valence-electron chi connectivity index (χ0n) is 19.8. The van der Waals surface area contributed by atoms with Crippen molar-refractivity contribution in [1.29, 1.82) is 0 Å². The Labute approximate surface area is 203 Å². The molecule has 1 aliphatic heterocycles. The number of pyridine rings is 1. The molecule has 0 bridgehead atoms. The van der Waals surface area contributed by atoms with Crippen molar-refractivity contribution in [1.82, 2.24) is 9.88 Å². The van der Waals surface area contributed by atoms with Crippen LogP contribution in [-0.2, 0) is 16.9 Å². The maximum Gasteiger partial charge on any atom is 0.257 e. The molecule has 3 aromatic rings. The highest BCUT2D eigenvalue weighted by molar-refractivity contribution is 6.30. The standard InChI is InChI=1S/C20H23FN2O4.C6H5Cl/c1-11-6-7-12(17(22-11)26-4)10-23-18(24)14-8-13(20(2,3)25)9-15(21)16(14)19(23)27-5;7-6-4-2-1-3-5-6/h6-9,19,25H,10H2,1-5H3;1-5H. The third-order valence-corrected chi connectivity index (χ3v) is 5.68. The topological polar surface area (TPSA) is 71.9 Å². The zero-order chi connectivity index (χ0) is 25.0. The molecule has 1 aliphatic rings. The lowest BCUT2D eigenvalue weighted by Gasteiger charge is -2.24. The lowest BCUT2D eigenvalue weighted by Crippen LogP contribution is -2.29. The number of nitrogens with zero attached hydrogens (tertiary/aromatic N) is 2. The van der Waals surface area contributed by atoms with Gasteiger partial charge in [0, 0.05) is 29.0 Å². The quantitative estimate of drug-likeness (QED) is 0.522. The molecule has 1 aromatic heterocycles. The number of carbonyl (C=O) groups excluding carboxylic acids is 1. The highest BCUT2D eigenvalue weighted by Gasteiger charge is 2.41. The SMILES string of the molecule is COc1nc(C)ccc1CN1C(=O)c2cc(C(C)(C)O)cc(F)c2C1OC.Clc1ccccc1. The van der Waals surface area contributed by atoms with Gasteiger partial charge in [-0.2, -0.15) is 0 Å². The highest BCUT2D eigenvalue weighted by Crippen LogP contribution is 2.39. The predicted octanol–water partition coefficient (Wildman–Crippen LogP) is 5.41. The molecular weight excluding hydrogens is 459 g/mol. The van der Waals surface area contributed by atoms with Crippen LogP contribution in [-0.4, -0.2) is 35.1 Å². The number of amides is 1. The first-order valence-corrected chi connectivity index (χ1v) is 11.1. The number of ether oxygens (including phenoxy) is 2. The van der Waals surface area contributed by atoms with Crippen molar-refractivity contribution in [3.8, 4) is 5.88 Å². The van der Waals surface area contributed by atoms with Crippen LogP contribution < -0.4 is 4.74 Å². The molecule has 34 heavy (non-hydrogen) atoms. The number of aromatic nitrogens is 1. The van der Waals surface area contributed by atoms with Gasteiger partial charge in [0.15, 0.2) is 6.23 Å². The highest BCUT2D eigenvalue weighted by atomic mass is 35.5. The number of hydrogen-bond donors (Lipinski definition) is 1. The van der Waals surface area contributed by atoms with E-state index in [4.69, 9.17) is 21.1 Å². The Balaban J connectivity index is 0.000000396. The molecule has 6 nitrogen and oxygen atoms in total. The zero-order valence-corrected chi connectivity index (χ0v) is 20.6. The Bertz CT molecular complexity index is 1170. The van der Waals surface area contributed by atoms with Gasteiger partial charge in [-0.25, -0.2) is 9.37 Å². The Hall–Kier alpha value is -3.00. The molecule has 180 valence electrons. The van der Waals surface area contributed by atoms with Crippen LogP contribution in [0.15, 0.2) is 54.6 Å². The number of rotatable bonds is 5. The number of aliphatic hydroxyl groups is 1. The molecule has 0 radical (unpaired) electrons. The third kappa shape index (κ3) is 5.55. The first kappa shape index (κ1) is 25.6. The molecule has 1 unspecified atom stereocenters. The van der Waals surface area contributed by atoms with Crippen LogP contribution >= 0.6 is 11.6 Å². The van der Waals surface area contributed by atoms with Gasteiger partial charge >= 0.3 is 0 Å². The number of carbonyl (C=O) groups is 1. The lowest BCUT2D eigenvalue weighted by molar-refractivity contribution is -0.0181. The molecule has 0 saturated carbocycles. The summed E-state index contributed by atoms with van der Waals surface area (Å²) in [6.07, 6.45) is -0.866. The average Bonchev–Trinajstić information content (AvgIpc) is 3.06. The van der Waals surface area contributed by atoms with Crippen molar-refractivity contribution in [2.45, 2.75) is 39.1 Å². The fourth-order valence-corrected chi connectivity index (χ4v) is 3.82. The second-order valence-electron chi connectivity index (χ2n) is 8.42. The summed E-state index contributed by atoms with van der Waals surface area (Å²) in [6.45, 7) is 5.08. The van der Waals surface area contributed by atoms with E-state index in [0.29, 0.717) is 17.0 Å². The fourth-order valence-electron chi connectivity index (χ4n) is 3.67. The monoisotopic (exact) mass is 486 g/mol. The van der Waals surface area contributed by atoms with E-state index < -0.39 is 17.6 Å². The van der Waals surface area contributed by atoms with Gasteiger partial charge in [0.05, 0.1) is 24.8 Å². The second kappa shape index (κ2) is 10.5. The molecule has 0 fully saturated rings. The van der Waals surface area contributed by atoms with Crippen molar-refractivity contribution >= 4 is 17.5 Å². The molecule has 4 rings (SSSR count). The average molecular weight is 487 g/mol. The van der Waals surface area contributed by atoms with Gasteiger partial charge in [-0.05, 0) is 56.7 Å². The fraction of sp³-hybridized carbons (Fsp3) is 0.308. The molecule has 2 heterocycles. The second-order valence-corrected chi connectivity index (χ2v) is 8.85. The van der Waals surface area contributed by atoms with Gasteiger partial charge in [-0.1, -0.05) is 35.9 Å². The normalized spacial score (nSPS) is 15.0. The van der Waals surface area contributed by atoms with E-state index in [1.165, 1.54) is 31.3 Å². The smallest absolute Gasteiger partial charge is 0.257 e. The third-order valence-electron chi connectivity index (χ3n) is 5.43. The minimum atomic E-state index is -1.27. The van der Waals surface area contributed by atoms with E-state index in [1.54, 1.807) is 13.8 Å². The Morgan fingerprint density at radius 2 is 1.82 bits per heavy atom. The van der Waals surface area contributed by atoms with Crippen LogP contribution in [0.2, 0.25) is 5.02 Å². The summed E-state index contributed by atoms with van der Waals surface area (Å²) in [5, 5.41) is 11.0. The van der Waals surface area contributed by atoms with Crippen molar-refractivity contribution in [2.75, 3.05) is 14.2 Å². The van der Waals surface area contributed by atoms with Gasteiger partial charge in [0.1, 0.15) is 5.82 Å². The van der Waals surface area contributed by atoms with Gasteiger partial charge in [0.2, 0.25) is 5.88 Å². The minimum absolute atomic E-state index is 0.153. The molecule has 1 N–H and O–H groups in total. The summed E-state index contributed by atoms with van der Waals surface area (Å²) in [6, 6.07) is 15.9. The first-order chi connectivity index (χ1) is 16.1. The molecule has 1 atom stereocenters. The van der Waals surface area contributed by atoms with Gasteiger partial charge < -0.3 is 19.5 Å². The van der Waals surface area contributed by atoms with E-state index in [2.05, 4.69) is 4.98 Å². The summed E-state index contributed by atoms with van der Waals surface area (Å²) in [7, 11) is 2.93. The first-order valence-electron chi connectivity index (χ1n) is 10.7. The molecular formula is C26H28ClFN2O4. The molecule has 2 aromatic carbocycles. The number of hydrogen-bond acceptors (Lipinski definition) is 5. The van der Waals surface area contributed by atoms with Crippen molar-refractivity contribution in [3.05, 3.63) is 93.4 Å². The summed E-state index contributed by atoms with van der Waals surface area (Å²) in [5.74, 6) is -0.544. The van der Waals surface area contributed by atoms with Crippen LogP contribution in [0, 0.1) is 12.7 Å². The molecule has 1 amide bonds. The Morgan fingerprint density at radius 3 is 2.35 bits per heavy atom. The molecule has 8 heteroatoms. The summed E-state index contributed by atoms with van der Waals surface area (Å²) < 4.78 is 25.5. The maximum absolute atomic E-state index is 14.8. The number of fused-ring (bicyclic) bond motifs is 1. The van der Waals surface area contributed by atoms with Crippen LogP contribution in [0.3, 0.4) is 0 Å². The summed E-state index contributed by atoms with van der Waals surface area (Å²) >= 11 is 5.54. The minimum Gasteiger partial charge on any atom is -0.481 e. The van der Waals surface area contributed by atoms with Crippen molar-refractivity contribution < 1.29 is 23.8 Å². The number of aryl methyl sites for hydroxylation is 1. The predicted molar refractivity (Wildman–Crippen MR) is 128 cm³/mol. The van der Waals surface area contributed by atoms with Crippen LogP contribution in [0.25, 0.3) is 0 Å². The van der Waals surface area contributed by atoms with Gasteiger partial charge in [-0.3, -0.25) is 4.79 Å². The van der Waals surface area contributed by atoms with Gasteiger partial charge in [0.25, 0.3) is 5.91 Å². The number of methoxy groups -OCH3 is 2. The lowest BCUT2D eigenvalue weighted by atomic mass is 9.94. The van der Waals surface area contributed by atoms with Crippen molar-refractivity contribution in [2.24, 2.45) is 0 Å². The van der Waals surface area contributed by atoms with E-state index in [-0.39, 0.29) is 23.6 Å². The van der Waals surface area contributed by atoms with E-state index in [1.807, 2.05) is 49.4 Å². The summed E-state index contributed by atoms with van der Waals surface area (Å²) in [4.78, 5) is 18.7. The van der Waals surface area contributed by atoms with E-state index in [9.17, 15) is 14.3 Å². The number of benzene rings is 2. The van der Waals surface area contributed by atoms with E-state index in [0.717, 1.165) is 10.7 Å². The maximum atomic E-state index is 14.8. The Kier molecular flexibility index (Phi) is 7.92. The van der Waals surface area contributed by atoms with Crippen LogP contribution in [0.4, 0.5) is 4.39 Å². The van der Waals surface area contributed by atoms with Crippen LogP contribution in [0.1, 0.15) is 52.8 Å². The largest absolute Gasteiger partial charge is 0.481 e. The Morgan fingerprint density at radius 1 is 1.15 bits per heavy atom. The van der Waals surface area contributed by atoms with Crippen LogP contribution in [0.5, 0.6) is 5.88 Å². The van der Waals surface area contributed by atoms with Crippen molar-refractivity contribution in [3.63, 3.8) is 0 Å². The van der Waals surface area contributed by atoms with Gasteiger partial charge in [-0.15, -0.1) is 0 Å². The summed E-state index contributed by atoms with van der Waals surface area (Å²) in [5.41, 5.74) is 0.909. The number of halogens is 2.